The van der Waals surface area contributed by atoms with Gasteiger partial charge in [-0.25, -0.2) is 0 Å². The summed E-state index contributed by atoms with van der Waals surface area (Å²) in [6.07, 6.45) is 2.10. The average molecular weight is 358 g/mol. The summed E-state index contributed by atoms with van der Waals surface area (Å²) in [5, 5.41) is 3.37. The summed E-state index contributed by atoms with van der Waals surface area (Å²) < 4.78 is 1.06. The van der Waals surface area contributed by atoms with Crippen LogP contribution in [0.3, 0.4) is 0 Å². The molecule has 1 aliphatic rings. The highest BCUT2D eigenvalue weighted by atomic mass is 35.5. The zero-order valence-electron chi connectivity index (χ0n) is 11.3. The lowest BCUT2D eigenvalue weighted by Crippen LogP contribution is -2.40. The van der Waals surface area contributed by atoms with Crippen LogP contribution >= 0.6 is 46.9 Å². The van der Waals surface area contributed by atoms with Gasteiger partial charge in [-0.3, -0.25) is 4.79 Å². The number of rotatable bonds is 4. The Balaban J connectivity index is 0.00000200. The van der Waals surface area contributed by atoms with Crippen molar-refractivity contribution in [1.82, 2.24) is 10.2 Å². The van der Waals surface area contributed by atoms with Gasteiger partial charge in [-0.05, 0) is 37.9 Å². The van der Waals surface area contributed by atoms with E-state index in [1.54, 1.807) is 6.07 Å². The minimum absolute atomic E-state index is 0. The van der Waals surface area contributed by atoms with E-state index < -0.39 is 0 Å². The Kier molecular flexibility index (Phi) is 7.62. The number of carbonyl (C=O) groups excluding carboxylic acids is 1. The van der Waals surface area contributed by atoms with Crippen LogP contribution in [0.15, 0.2) is 6.07 Å². The lowest BCUT2D eigenvalue weighted by Gasteiger charge is -2.32. The van der Waals surface area contributed by atoms with Gasteiger partial charge in [0.05, 0.1) is 9.90 Å². The fraction of sp³-hybridized carbons (Fsp3) is 0.615. The van der Waals surface area contributed by atoms with E-state index in [0.717, 1.165) is 39.0 Å². The molecule has 0 radical (unpaired) electrons. The second kappa shape index (κ2) is 8.44. The lowest BCUT2D eigenvalue weighted by atomic mass is 9.96. The summed E-state index contributed by atoms with van der Waals surface area (Å²) >= 11 is 13.2. The minimum atomic E-state index is 0. The zero-order valence-corrected chi connectivity index (χ0v) is 14.5. The van der Waals surface area contributed by atoms with Crippen molar-refractivity contribution in [1.29, 1.82) is 0 Å². The molecule has 1 amide bonds. The predicted octanol–water partition coefficient (Wildman–Crippen LogP) is 3.94. The number of carbonyl (C=O) groups is 1. The number of nitrogens with zero attached hydrogens (tertiary/aromatic N) is 1. The highest BCUT2D eigenvalue weighted by Gasteiger charge is 2.25. The number of likely N-dealkylation sites (tertiary alicyclic amines) is 1. The van der Waals surface area contributed by atoms with Crippen molar-refractivity contribution < 1.29 is 4.79 Å². The van der Waals surface area contributed by atoms with Crippen molar-refractivity contribution in [3.63, 3.8) is 0 Å². The molecule has 0 spiro atoms. The molecule has 2 heterocycles. The Morgan fingerprint density at radius 3 is 2.60 bits per heavy atom. The Bertz CT molecular complexity index is 445. The van der Waals surface area contributed by atoms with E-state index in [9.17, 15) is 4.79 Å². The number of halogens is 3. The van der Waals surface area contributed by atoms with Crippen molar-refractivity contribution in [2.24, 2.45) is 5.92 Å². The van der Waals surface area contributed by atoms with Gasteiger partial charge in [-0.1, -0.05) is 30.1 Å². The highest BCUT2D eigenvalue weighted by Crippen LogP contribution is 2.32. The average Bonchev–Trinajstić information content (AvgIpc) is 2.75. The molecule has 0 aliphatic carbocycles. The van der Waals surface area contributed by atoms with Gasteiger partial charge >= 0.3 is 0 Å². The summed E-state index contributed by atoms with van der Waals surface area (Å²) in [6.45, 7) is 5.77. The highest BCUT2D eigenvalue weighted by molar-refractivity contribution is 7.20. The van der Waals surface area contributed by atoms with Gasteiger partial charge in [-0.2, -0.15) is 0 Å². The van der Waals surface area contributed by atoms with E-state index in [1.165, 1.54) is 11.3 Å². The Hall–Kier alpha value is -0.000000000000000222. The lowest BCUT2D eigenvalue weighted by molar-refractivity contribution is 0.0691. The van der Waals surface area contributed by atoms with Crippen LogP contribution < -0.4 is 5.32 Å². The van der Waals surface area contributed by atoms with Crippen LogP contribution in [0.1, 0.15) is 30.1 Å². The number of hydrogen-bond donors (Lipinski definition) is 1. The molecular formula is C13H19Cl3N2OS. The molecule has 0 unspecified atom stereocenters. The molecule has 1 aromatic rings. The maximum absolute atomic E-state index is 12.3. The fourth-order valence-corrected chi connectivity index (χ4v) is 3.79. The molecule has 1 saturated heterocycles. The largest absolute Gasteiger partial charge is 0.339 e. The van der Waals surface area contributed by atoms with E-state index in [0.29, 0.717) is 20.2 Å². The van der Waals surface area contributed by atoms with Crippen LogP contribution in [-0.4, -0.2) is 37.0 Å². The van der Waals surface area contributed by atoms with Crippen molar-refractivity contribution in [3.05, 3.63) is 20.3 Å². The standard InChI is InChI=1S/C13H18Cl2N2OS.ClH/c1-2-16-8-9-3-5-17(6-4-9)13(18)10-7-11(14)19-12(10)15;/h7,9,16H,2-6,8H2,1H3;1H. The summed E-state index contributed by atoms with van der Waals surface area (Å²) in [7, 11) is 0. The molecule has 1 N–H and O–H groups in total. The Labute approximate surface area is 140 Å². The summed E-state index contributed by atoms with van der Waals surface area (Å²) in [5.74, 6) is 0.681. The molecule has 2 rings (SSSR count). The van der Waals surface area contributed by atoms with E-state index >= 15 is 0 Å². The minimum Gasteiger partial charge on any atom is -0.339 e. The maximum atomic E-state index is 12.3. The van der Waals surface area contributed by atoms with Gasteiger partial charge in [0.25, 0.3) is 5.91 Å². The van der Waals surface area contributed by atoms with Crippen molar-refractivity contribution in [2.45, 2.75) is 19.8 Å². The molecule has 0 atom stereocenters. The molecule has 20 heavy (non-hydrogen) atoms. The first-order valence-corrected chi connectivity index (χ1v) is 8.14. The first-order valence-electron chi connectivity index (χ1n) is 6.56. The third kappa shape index (κ3) is 4.50. The van der Waals surface area contributed by atoms with Gasteiger partial charge < -0.3 is 10.2 Å². The molecule has 114 valence electrons. The van der Waals surface area contributed by atoms with E-state index in [1.807, 2.05) is 4.90 Å². The van der Waals surface area contributed by atoms with Crippen molar-refractivity contribution in [3.8, 4) is 0 Å². The molecule has 1 fully saturated rings. The number of hydrogen-bond acceptors (Lipinski definition) is 3. The normalized spacial score (nSPS) is 16.1. The van der Waals surface area contributed by atoms with E-state index in [4.69, 9.17) is 23.2 Å². The first-order chi connectivity index (χ1) is 9.11. The SMILES string of the molecule is CCNCC1CCN(C(=O)c2cc(Cl)sc2Cl)CC1.Cl. The van der Waals surface area contributed by atoms with Gasteiger partial charge in [0.15, 0.2) is 0 Å². The monoisotopic (exact) mass is 356 g/mol. The van der Waals surface area contributed by atoms with Crippen molar-refractivity contribution >= 4 is 52.9 Å². The molecular weight excluding hydrogens is 339 g/mol. The number of amides is 1. The second-order valence-electron chi connectivity index (χ2n) is 4.78. The molecule has 7 heteroatoms. The van der Waals surface area contributed by atoms with Gasteiger partial charge in [0.1, 0.15) is 4.34 Å². The Morgan fingerprint density at radius 2 is 2.10 bits per heavy atom. The van der Waals surface area contributed by atoms with Crippen LogP contribution in [0.5, 0.6) is 0 Å². The molecule has 0 saturated carbocycles. The van der Waals surface area contributed by atoms with Gasteiger partial charge in [0, 0.05) is 13.1 Å². The summed E-state index contributed by atoms with van der Waals surface area (Å²) in [4.78, 5) is 14.2. The third-order valence-electron chi connectivity index (χ3n) is 3.47. The number of piperidine rings is 1. The molecule has 0 bridgehead atoms. The summed E-state index contributed by atoms with van der Waals surface area (Å²) in [5.41, 5.74) is 0.543. The van der Waals surface area contributed by atoms with E-state index in [-0.39, 0.29) is 18.3 Å². The zero-order chi connectivity index (χ0) is 13.8. The topological polar surface area (TPSA) is 32.3 Å². The van der Waals surface area contributed by atoms with Crippen LogP contribution in [0.4, 0.5) is 0 Å². The van der Waals surface area contributed by atoms with Crippen LogP contribution in [0.25, 0.3) is 0 Å². The fourth-order valence-electron chi connectivity index (χ4n) is 2.35. The van der Waals surface area contributed by atoms with Crippen molar-refractivity contribution in [2.75, 3.05) is 26.2 Å². The third-order valence-corrected chi connectivity index (χ3v) is 4.96. The molecule has 1 aliphatic heterocycles. The smallest absolute Gasteiger partial charge is 0.256 e. The first kappa shape index (κ1) is 18.1. The molecule has 3 nitrogen and oxygen atoms in total. The quantitative estimate of drug-likeness (QED) is 0.885. The predicted molar refractivity (Wildman–Crippen MR) is 88.8 cm³/mol. The van der Waals surface area contributed by atoms with Crippen LogP contribution in [0, 0.1) is 5.92 Å². The number of thiophene rings is 1. The van der Waals surface area contributed by atoms with Gasteiger partial charge in [0.2, 0.25) is 0 Å². The van der Waals surface area contributed by atoms with Gasteiger partial charge in [-0.15, -0.1) is 23.7 Å². The Morgan fingerprint density at radius 1 is 1.45 bits per heavy atom. The molecule has 0 aromatic carbocycles. The van der Waals surface area contributed by atoms with Crippen LogP contribution in [-0.2, 0) is 0 Å². The molecule has 1 aromatic heterocycles. The van der Waals surface area contributed by atoms with E-state index in [2.05, 4.69) is 12.2 Å². The number of nitrogens with one attached hydrogen (secondary N) is 1. The maximum Gasteiger partial charge on any atom is 0.256 e. The summed E-state index contributed by atoms with van der Waals surface area (Å²) in [6, 6.07) is 1.67. The second-order valence-corrected chi connectivity index (χ2v) is 7.07. The van der Waals surface area contributed by atoms with Crippen LogP contribution in [0.2, 0.25) is 8.67 Å².